The summed E-state index contributed by atoms with van der Waals surface area (Å²) in [6.45, 7) is 1.84. The van der Waals surface area contributed by atoms with Crippen LogP contribution in [0.2, 0.25) is 5.02 Å². The Labute approximate surface area is 115 Å². The maximum atomic E-state index is 5.84. The SMILES string of the molecule is Cc1nc(NN)cc(SCc2ccc(Cl)cc2)n1. The van der Waals surface area contributed by atoms with Gasteiger partial charge in [0.1, 0.15) is 16.7 Å². The molecule has 0 saturated heterocycles. The zero-order valence-electron chi connectivity index (χ0n) is 9.85. The number of hydrazine groups is 1. The van der Waals surface area contributed by atoms with Crippen LogP contribution in [0.5, 0.6) is 0 Å². The number of thioether (sulfide) groups is 1. The van der Waals surface area contributed by atoms with Gasteiger partial charge in [0.15, 0.2) is 0 Å². The molecule has 6 heteroatoms. The monoisotopic (exact) mass is 280 g/mol. The molecule has 1 aromatic heterocycles. The van der Waals surface area contributed by atoms with E-state index in [-0.39, 0.29) is 0 Å². The molecule has 0 fully saturated rings. The lowest BCUT2D eigenvalue weighted by molar-refractivity contribution is 0.963. The highest BCUT2D eigenvalue weighted by Crippen LogP contribution is 2.23. The van der Waals surface area contributed by atoms with E-state index in [0.717, 1.165) is 15.8 Å². The van der Waals surface area contributed by atoms with Crippen LogP contribution in [0.1, 0.15) is 11.4 Å². The predicted octanol–water partition coefficient (Wildman–Crippen LogP) is 3.02. The fraction of sp³-hybridized carbons (Fsp3) is 0.167. The van der Waals surface area contributed by atoms with E-state index in [1.165, 1.54) is 5.56 Å². The van der Waals surface area contributed by atoms with Gasteiger partial charge in [0.2, 0.25) is 0 Å². The third-order valence-electron chi connectivity index (χ3n) is 2.26. The zero-order chi connectivity index (χ0) is 13.0. The fourth-order valence-corrected chi connectivity index (χ4v) is 2.45. The highest BCUT2D eigenvalue weighted by molar-refractivity contribution is 7.98. The summed E-state index contributed by atoms with van der Waals surface area (Å²) in [6.07, 6.45) is 0. The van der Waals surface area contributed by atoms with Gasteiger partial charge in [0, 0.05) is 16.8 Å². The van der Waals surface area contributed by atoms with Crippen molar-refractivity contribution >= 4 is 29.2 Å². The minimum Gasteiger partial charge on any atom is -0.308 e. The Kier molecular flexibility index (Phi) is 4.41. The molecular weight excluding hydrogens is 268 g/mol. The number of hydrogen-bond acceptors (Lipinski definition) is 5. The van der Waals surface area contributed by atoms with Crippen molar-refractivity contribution in [3.05, 3.63) is 46.7 Å². The Balaban J connectivity index is 2.05. The second-order valence-electron chi connectivity index (χ2n) is 3.70. The third kappa shape index (κ3) is 3.60. The van der Waals surface area contributed by atoms with Gasteiger partial charge in [0.25, 0.3) is 0 Å². The second kappa shape index (κ2) is 6.04. The van der Waals surface area contributed by atoms with E-state index in [9.17, 15) is 0 Å². The van der Waals surface area contributed by atoms with Crippen molar-refractivity contribution in [3.63, 3.8) is 0 Å². The topological polar surface area (TPSA) is 63.8 Å². The van der Waals surface area contributed by atoms with Gasteiger partial charge in [-0.25, -0.2) is 15.8 Å². The van der Waals surface area contributed by atoms with Crippen LogP contribution >= 0.6 is 23.4 Å². The molecule has 0 saturated carbocycles. The standard InChI is InChI=1S/C12H13ClN4S/c1-8-15-11(17-14)6-12(16-8)18-7-9-2-4-10(13)5-3-9/h2-6H,7,14H2,1H3,(H,15,16,17). The number of nitrogens with one attached hydrogen (secondary N) is 1. The first-order chi connectivity index (χ1) is 8.67. The summed E-state index contributed by atoms with van der Waals surface area (Å²) in [7, 11) is 0. The van der Waals surface area contributed by atoms with E-state index < -0.39 is 0 Å². The minimum absolute atomic E-state index is 0.626. The van der Waals surface area contributed by atoms with Crippen LogP contribution in [0.4, 0.5) is 5.82 Å². The number of nitrogens with zero attached hydrogens (tertiary/aromatic N) is 2. The lowest BCUT2D eigenvalue weighted by atomic mass is 10.2. The third-order valence-corrected chi connectivity index (χ3v) is 3.50. The molecule has 1 aromatic carbocycles. The largest absolute Gasteiger partial charge is 0.308 e. The normalized spacial score (nSPS) is 10.4. The molecule has 2 rings (SSSR count). The molecule has 0 unspecified atom stereocenters. The lowest BCUT2D eigenvalue weighted by Gasteiger charge is -2.05. The Morgan fingerprint density at radius 1 is 1.28 bits per heavy atom. The van der Waals surface area contributed by atoms with Crippen molar-refractivity contribution in [2.24, 2.45) is 5.84 Å². The zero-order valence-corrected chi connectivity index (χ0v) is 11.4. The van der Waals surface area contributed by atoms with Gasteiger partial charge >= 0.3 is 0 Å². The van der Waals surface area contributed by atoms with Gasteiger partial charge in [-0.1, -0.05) is 23.7 Å². The van der Waals surface area contributed by atoms with Gasteiger partial charge in [0.05, 0.1) is 0 Å². The minimum atomic E-state index is 0.626. The Bertz CT molecular complexity index is 530. The van der Waals surface area contributed by atoms with E-state index in [0.29, 0.717) is 11.6 Å². The van der Waals surface area contributed by atoms with Crippen molar-refractivity contribution in [2.75, 3.05) is 5.43 Å². The van der Waals surface area contributed by atoms with Gasteiger partial charge in [-0.15, -0.1) is 11.8 Å². The maximum absolute atomic E-state index is 5.84. The van der Waals surface area contributed by atoms with Gasteiger partial charge in [-0.3, -0.25) is 0 Å². The van der Waals surface area contributed by atoms with E-state index >= 15 is 0 Å². The number of nitrogen functional groups attached to an aromatic ring is 1. The number of aromatic nitrogens is 2. The highest BCUT2D eigenvalue weighted by atomic mass is 35.5. The number of rotatable bonds is 4. The first-order valence-electron chi connectivity index (χ1n) is 5.37. The number of nitrogens with two attached hydrogens (primary N) is 1. The van der Waals surface area contributed by atoms with Crippen molar-refractivity contribution < 1.29 is 0 Å². The maximum Gasteiger partial charge on any atom is 0.144 e. The van der Waals surface area contributed by atoms with Crippen LogP contribution < -0.4 is 11.3 Å². The number of anilines is 1. The average Bonchev–Trinajstić information content (AvgIpc) is 2.37. The summed E-state index contributed by atoms with van der Waals surface area (Å²) in [5.74, 6) is 7.50. The summed E-state index contributed by atoms with van der Waals surface area (Å²) in [5.41, 5.74) is 3.73. The highest BCUT2D eigenvalue weighted by Gasteiger charge is 2.02. The van der Waals surface area contributed by atoms with Crippen LogP contribution in [-0.2, 0) is 5.75 Å². The number of hydrogen-bond donors (Lipinski definition) is 2. The Hall–Kier alpha value is -1.30. The lowest BCUT2D eigenvalue weighted by Crippen LogP contribution is -2.09. The van der Waals surface area contributed by atoms with Crippen molar-refractivity contribution in [2.45, 2.75) is 17.7 Å². The molecule has 0 aliphatic heterocycles. The molecule has 0 bridgehead atoms. The summed E-state index contributed by atoms with van der Waals surface area (Å²) < 4.78 is 0. The van der Waals surface area contributed by atoms with Crippen molar-refractivity contribution in [1.29, 1.82) is 0 Å². The molecule has 0 atom stereocenters. The fourth-order valence-electron chi connectivity index (χ4n) is 1.43. The molecule has 0 spiro atoms. The smallest absolute Gasteiger partial charge is 0.144 e. The van der Waals surface area contributed by atoms with Crippen molar-refractivity contribution in [1.82, 2.24) is 9.97 Å². The summed E-state index contributed by atoms with van der Waals surface area (Å²) in [6, 6.07) is 9.61. The molecule has 0 amide bonds. The van der Waals surface area contributed by atoms with Gasteiger partial charge in [-0.05, 0) is 24.6 Å². The molecular formula is C12H13ClN4S. The molecule has 18 heavy (non-hydrogen) atoms. The predicted molar refractivity (Wildman–Crippen MR) is 75.6 cm³/mol. The number of benzene rings is 1. The van der Waals surface area contributed by atoms with Crippen LogP contribution in [0, 0.1) is 6.92 Å². The molecule has 3 N–H and O–H groups in total. The molecule has 0 aliphatic rings. The first kappa shape index (κ1) is 13.1. The van der Waals surface area contributed by atoms with E-state index in [1.54, 1.807) is 11.8 Å². The van der Waals surface area contributed by atoms with Crippen LogP contribution in [0.15, 0.2) is 35.4 Å². The first-order valence-corrected chi connectivity index (χ1v) is 6.73. The molecule has 1 heterocycles. The summed E-state index contributed by atoms with van der Waals surface area (Å²) >= 11 is 7.47. The second-order valence-corrected chi connectivity index (χ2v) is 5.13. The van der Waals surface area contributed by atoms with Crippen LogP contribution in [0.3, 0.4) is 0 Å². The molecule has 2 aromatic rings. The average molecular weight is 281 g/mol. The Morgan fingerprint density at radius 2 is 2.00 bits per heavy atom. The van der Waals surface area contributed by atoms with Crippen LogP contribution in [0.25, 0.3) is 0 Å². The number of aryl methyl sites for hydroxylation is 1. The molecule has 94 valence electrons. The molecule has 0 radical (unpaired) electrons. The van der Waals surface area contributed by atoms with Crippen molar-refractivity contribution in [3.8, 4) is 0 Å². The van der Waals surface area contributed by atoms with Gasteiger partial charge < -0.3 is 5.43 Å². The quantitative estimate of drug-likeness (QED) is 0.390. The van der Waals surface area contributed by atoms with Crippen LogP contribution in [-0.4, -0.2) is 9.97 Å². The summed E-state index contributed by atoms with van der Waals surface area (Å²) in [4.78, 5) is 8.49. The number of halogens is 1. The van der Waals surface area contributed by atoms with E-state index in [4.69, 9.17) is 17.4 Å². The summed E-state index contributed by atoms with van der Waals surface area (Å²) in [5, 5.41) is 1.64. The molecule has 4 nitrogen and oxygen atoms in total. The van der Waals surface area contributed by atoms with E-state index in [2.05, 4.69) is 15.4 Å². The van der Waals surface area contributed by atoms with E-state index in [1.807, 2.05) is 37.3 Å². The Morgan fingerprint density at radius 3 is 2.67 bits per heavy atom. The van der Waals surface area contributed by atoms with Gasteiger partial charge in [-0.2, -0.15) is 0 Å². The molecule has 0 aliphatic carbocycles.